The molecule has 0 aromatic carbocycles. The zero-order chi connectivity index (χ0) is 18.3. The lowest BCUT2D eigenvalue weighted by Crippen LogP contribution is -2.40. The number of allylic oxidation sites excluding steroid dienone is 2. The van der Waals surface area contributed by atoms with E-state index >= 15 is 0 Å². The van der Waals surface area contributed by atoms with Crippen LogP contribution in [0.4, 0.5) is 0 Å². The van der Waals surface area contributed by atoms with Crippen molar-refractivity contribution in [2.75, 3.05) is 19.8 Å². The number of aliphatic hydroxyl groups excluding tert-OH is 3. The standard InChI is InChI=1S/C20H38O5/c1-2-3-4-5-6-7-8-9-10-11-12-13-14-24-15-18(22)20-19(23)17(21)16-25-20/h10-11,17-23H,2-9,12-16H2,1H3/b11-10+/t17-,18+,19+,20+/m0/s1. The molecule has 0 bridgehead atoms. The van der Waals surface area contributed by atoms with Crippen LogP contribution in [-0.4, -0.2) is 59.6 Å². The average Bonchev–Trinajstić information content (AvgIpc) is 2.94. The summed E-state index contributed by atoms with van der Waals surface area (Å²) in [4.78, 5) is 0. The van der Waals surface area contributed by atoms with E-state index in [1.165, 1.54) is 44.9 Å². The summed E-state index contributed by atoms with van der Waals surface area (Å²) in [5.41, 5.74) is 0. The molecule has 0 amide bonds. The van der Waals surface area contributed by atoms with Crippen molar-refractivity contribution in [2.24, 2.45) is 0 Å². The van der Waals surface area contributed by atoms with Crippen LogP contribution in [-0.2, 0) is 9.47 Å². The molecule has 1 aliphatic rings. The number of unbranched alkanes of at least 4 members (excludes halogenated alkanes) is 8. The minimum absolute atomic E-state index is 0.0619. The molecular weight excluding hydrogens is 320 g/mol. The van der Waals surface area contributed by atoms with Crippen LogP contribution in [0.1, 0.15) is 71.1 Å². The Morgan fingerprint density at radius 2 is 1.64 bits per heavy atom. The maximum atomic E-state index is 9.89. The highest BCUT2D eigenvalue weighted by Gasteiger charge is 2.39. The monoisotopic (exact) mass is 358 g/mol. The molecule has 0 aliphatic carbocycles. The molecule has 4 atom stereocenters. The Kier molecular flexibility index (Phi) is 13.3. The Morgan fingerprint density at radius 1 is 1.00 bits per heavy atom. The molecule has 0 unspecified atom stereocenters. The van der Waals surface area contributed by atoms with E-state index in [1.807, 2.05) is 0 Å². The smallest absolute Gasteiger partial charge is 0.114 e. The van der Waals surface area contributed by atoms with E-state index in [1.54, 1.807) is 0 Å². The van der Waals surface area contributed by atoms with Crippen molar-refractivity contribution in [3.05, 3.63) is 12.2 Å². The van der Waals surface area contributed by atoms with Crippen molar-refractivity contribution in [1.82, 2.24) is 0 Å². The maximum Gasteiger partial charge on any atom is 0.114 e. The fourth-order valence-electron chi connectivity index (χ4n) is 3.02. The molecule has 0 spiro atoms. The van der Waals surface area contributed by atoms with Crippen molar-refractivity contribution in [2.45, 2.75) is 95.5 Å². The van der Waals surface area contributed by atoms with Gasteiger partial charge in [-0.2, -0.15) is 0 Å². The summed E-state index contributed by atoms with van der Waals surface area (Å²) in [6, 6.07) is 0. The third-order valence-corrected chi connectivity index (χ3v) is 4.66. The van der Waals surface area contributed by atoms with E-state index in [-0.39, 0.29) is 13.2 Å². The summed E-state index contributed by atoms with van der Waals surface area (Å²) in [7, 11) is 0. The number of rotatable bonds is 15. The second-order valence-corrected chi connectivity index (χ2v) is 7.02. The van der Waals surface area contributed by atoms with Gasteiger partial charge in [-0.25, -0.2) is 0 Å². The Bertz CT molecular complexity index is 334. The molecule has 5 heteroatoms. The second-order valence-electron chi connectivity index (χ2n) is 7.02. The maximum absolute atomic E-state index is 9.89. The molecule has 5 nitrogen and oxygen atoms in total. The lowest BCUT2D eigenvalue weighted by molar-refractivity contribution is -0.0811. The first-order chi connectivity index (χ1) is 12.2. The van der Waals surface area contributed by atoms with Crippen LogP contribution in [0.3, 0.4) is 0 Å². The van der Waals surface area contributed by atoms with Crippen LogP contribution in [0.2, 0.25) is 0 Å². The highest BCUT2D eigenvalue weighted by Crippen LogP contribution is 2.17. The van der Waals surface area contributed by atoms with E-state index < -0.39 is 24.4 Å². The quantitative estimate of drug-likeness (QED) is 0.310. The van der Waals surface area contributed by atoms with E-state index in [2.05, 4.69) is 19.1 Å². The van der Waals surface area contributed by atoms with Gasteiger partial charge in [0.15, 0.2) is 0 Å². The minimum atomic E-state index is -1.03. The van der Waals surface area contributed by atoms with Crippen LogP contribution < -0.4 is 0 Å². The van der Waals surface area contributed by atoms with Gasteiger partial charge in [-0.3, -0.25) is 0 Å². The third kappa shape index (κ3) is 10.3. The number of aliphatic hydroxyl groups is 3. The molecular formula is C20H38O5. The Balaban J connectivity index is 1.86. The summed E-state index contributed by atoms with van der Waals surface area (Å²) in [5.74, 6) is 0. The third-order valence-electron chi connectivity index (χ3n) is 4.66. The molecule has 0 saturated carbocycles. The molecule has 25 heavy (non-hydrogen) atoms. The fourth-order valence-corrected chi connectivity index (χ4v) is 3.02. The lowest BCUT2D eigenvalue weighted by Gasteiger charge is -2.20. The zero-order valence-electron chi connectivity index (χ0n) is 15.8. The van der Waals surface area contributed by atoms with E-state index in [9.17, 15) is 15.3 Å². The average molecular weight is 359 g/mol. The number of hydrogen-bond donors (Lipinski definition) is 3. The lowest BCUT2D eigenvalue weighted by atomic mass is 10.1. The highest BCUT2D eigenvalue weighted by atomic mass is 16.5. The van der Waals surface area contributed by atoms with E-state index in [0.29, 0.717) is 6.61 Å². The second kappa shape index (κ2) is 14.7. The fraction of sp³-hybridized carbons (Fsp3) is 0.900. The van der Waals surface area contributed by atoms with E-state index in [0.717, 1.165) is 19.3 Å². The van der Waals surface area contributed by atoms with Gasteiger partial charge in [-0.05, 0) is 25.7 Å². The van der Waals surface area contributed by atoms with Crippen molar-refractivity contribution in [1.29, 1.82) is 0 Å². The van der Waals surface area contributed by atoms with Gasteiger partial charge in [-0.15, -0.1) is 0 Å². The topological polar surface area (TPSA) is 79.2 Å². The van der Waals surface area contributed by atoms with Gasteiger partial charge in [0.25, 0.3) is 0 Å². The summed E-state index contributed by atoms with van der Waals surface area (Å²) in [6.07, 6.45) is 13.3. The molecule has 0 aromatic heterocycles. The van der Waals surface area contributed by atoms with Crippen molar-refractivity contribution in [3.63, 3.8) is 0 Å². The number of ether oxygens (including phenoxy) is 2. The van der Waals surface area contributed by atoms with Crippen molar-refractivity contribution >= 4 is 0 Å². The van der Waals surface area contributed by atoms with E-state index in [4.69, 9.17) is 9.47 Å². The molecule has 148 valence electrons. The first kappa shape index (κ1) is 22.6. The summed E-state index contributed by atoms with van der Waals surface area (Å²) in [5, 5.41) is 28.9. The predicted octanol–water partition coefficient (Wildman–Crippen LogP) is 2.96. The predicted molar refractivity (Wildman–Crippen MR) is 99.6 cm³/mol. The summed E-state index contributed by atoms with van der Waals surface area (Å²) >= 11 is 0. The van der Waals surface area contributed by atoms with Gasteiger partial charge in [-0.1, -0.05) is 57.6 Å². The van der Waals surface area contributed by atoms with Crippen molar-refractivity contribution < 1.29 is 24.8 Å². The van der Waals surface area contributed by atoms with Crippen LogP contribution in [0, 0.1) is 0 Å². The Morgan fingerprint density at radius 3 is 2.28 bits per heavy atom. The molecule has 1 heterocycles. The van der Waals surface area contributed by atoms with Crippen LogP contribution in [0.25, 0.3) is 0 Å². The SMILES string of the molecule is CCCCCCCCC/C=C/CCCOC[C@@H](O)[C@H]1OC[C@H](O)[C@H]1O. The normalized spacial score (nSPS) is 25.0. The van der Waals surface area contributed by atoms with Crippen LogP contribution >= 0.6 is 0 Å². The number of hydrogen-bond acceptors (Lipinski definition) is 5. The first-order valence-corrected chi connectivity index (χ1v) is 10.0. The molecule has 1 rings (SSSR count). The molecule has 1 aliphatic heterocycles. The summed E-state index contributed by atoms with van der Waals surface area (Å²) in [6.45, 7) is 3.00. The summed E-state index contributed by atoms with van der Waals surface area (Å²) < 4.78 is 10.6. The van der Waals surface area contributed by atoms with Gasteiger partial charge in [0.1, 0.15) is 24.4 Å². The molecule has 0 aromatic rings. The van der Waals surface area contributed by atoms with Crippen LogP contribution in [0.5, 0.6) is 0 Å². The highest BCUT2D eigenvalue weighted by molar-refractivity contribution is 4.87. The largest absolute Gasteiger partial charge is 0.388 e. The molecule has 1 saturated heterocycles. The Labute approximate surface area is 153 Å². The zero-order valence-corrected chi connectivity index (χ0v) is 15.8. The molecule has 1 fully saturated rings. The molecule has 3 N–H and O–H groups in total. The van der Waals surface area contributed by atoms with Gasteiger partial charge < -0.3 is 24.8 Å². The van der Waals surface area contributed by atoms with Gasteiger partial charge in [0, 0.05) is 6.61 Å². The van der Waals surface area contributed by atoms with Crippen molar-refractivity contribution in [3.8, 4) is 0 Å². The molecule has 0 radical (unpaired) electrons. The minimum Gasteiger partial charge on any atom is -0.388 e. The van der Waals surface area contributed by atoms with Gasteiger partial charge in [0.2, 0.25) is 0 Å². The van der Waals surface area contributed by atoms with Gasteiger partial charge in [0.05, 0.1) is 13.2 Å². The Hall–Kier alpha value is -0.460. The first-order valence-electron chi connectivity index (χ1n) is 10.0. The van der Waals surface area contributed by atoms with Crippen LogP contribution in [0.15, 0.2) is 12.2 Å². The van der Waals surface area contributed by atoms with Gasteiger partial charge >= 0.3 is 0 Å².